The van der Waals surface area contributed by atoms with Crippen LogP contribution < -0.4 is 5.32 Å². The number of esters is 1. The van der Waals surface area contributed by atoms with E-state index in [-0.39, 0.29) is 24.3 Å². The highest BCUT2D eigenvalue weighted by atomic mass is 32.1. The third-order valence-corrected chi connectivity index (χ3v) is 5.07. The monoisotopic (exact) mass is 373 g/mol. The molecule has 0 radical (unpaired) electrons. The van der Waals surface area contributed by atoms with Crippen LogP contribution in [0.1, 0.15) is 19.8 Å². The fraction of sp³-hybridized carbons (Fsp3) is 0.421. The van der Waals surface area contributed by atoms with Crippen LogP contribution in [0.15, 0.2) is 35.7 Å². The van der Waals surface area contributed by atoms with E-state index >= 15 is 0 Å². The van der Waals surface area contributed by atoms with Crippen molar-refractivity contribution >= 4 is 28.3 Å². The van der Waals surface area contributed by atoms with Crippen LogP contribution in [0, 0.1) is 5.92 Å². The molecule has 0 unspecified atom stereocenters. The number of hydrogen-bond donors (Lipinski definition) is 1. The van der Waals surface area contributed by atoms with Crippen molar-refractivity contribution in [1.29, 1.82) is 0 Å². The van der Waals surface area contributed by atoms with Gasteiger partial charge in [-0.25, -0.2) is 4.98 Å². The molecule has 1 aliphatic rings. The minimum absolute atomic E-state index is 0.108. The minimum atomic E-state index is -0.162. The number of carbonyl (C=O) groups excluding carboxylic acids is 2. The van der Waals surface area contributed by atoms with Gasteiger partial charge in [-0.05, 0) is 26.3 Å². The third-order valence-electron chi connectivity index (χ3n) is 4.31. The summed E-state index contributed by atoms with van der Waals surface area (Å²) in [5.41, 5.74) is 1.88. The lowest BCUT2D eigenvalue weighted by molar-refractivity contribution is -0.150. The SMILES string of the molecule is CCOC(=O)[C@H]1CCCN(CC(=O)Nc2nc(-c3ccccc3)cs2)C1. The standard InChI is InChI=1S/C19H23N3O3S/c1-2-25-18(24)15-9-6-10-22(11-15)12-17(23)21-19-20-16(13-26-19)14-7-4-3-5-8-14/h3-5,7-8,13,15H,2,6,9-12H2,1H3,(H,20,21,23)/t15-/m0/s1. The van der Waals surface area contributed by atoms with E-state index in [1.165, 1.54) is 11.3 Å². The lowest BCUT2D eigenvalue weighted by Crippen LogP contribution is -2.43. The summed E-state index contributed by atoms with van der Waals surface area (Å²) in [5, 5.41) is 5.38. The zero-order chi connectivity index (χ0) is 18.4. The van der Waals surface area contributed by atoms with Gasteiger partial charge in [0.1, 0.15) is 0 Å². The molecule has 1 aromatic carbocycles. The fourth-order valence-corrected chi connectivity index (χ4v) is 3.82. The van der Waals surface area contributed by atoms with E-state index in [2.05, 4.69) is 10.3 Å². The van der Waals surface area contributed by atoms with Crippen LogP contribution in [-0.2, 0) is 14.3 Å². The lowest BCUT2D eigenvalue weighted by atomic mass is 9.98. The predicted molar refractivity (Wildman–Crippen MR) is 102 cm³/mol. The summed E-state index contributed by atoms with van der Waals surface area (Å²) in [5.74, 6) is -0.408. The summed E-state index contributed by atoms with van der Waals surface area (Å²) in [7, 11) is 0. The van der Waals surface area contributed by atoms with Crippen LogP contribution >= 0.6 is 11.3 Å². The van der Waals surface area contributed by atoms with Crippen molar-refractivity contribution in [1.82, 2.24) is 9.88 Å². The summed E-state index contributed by atoms with van der Waals surface area (Å²) in [6.45, 7) is 3.85. The molecule has 138 valence electrons. The number of amides is 1. The first kappa shape index (κ1) is 18.5. The molecule has 0 aliphatic carbocycles. The number of benzene rings is 1. The third kappa shape index (κ3) is 4.89. The van der Waals surface area contributed by atoms with Gasteiger partial charge in [0, 0.05) is 17.5 Å². The maximum Gasteiger partial charge on any atom is 0.310 e. The highest BCUT2D eigenvalue weighted by Gasteiger charge is 2.27. The van der Waals surface area contributed by atoms with Gasteiger partial charge in [0.05, 0.1) is 24.8 Å². The van der Waals surface area contributed by atoms with E-state index in [4.69, 9.17) is 4.74 Å². The highest BCUT2D eigenvalue weighted by Crippen LogP contribution is 2.24. The quantitative estimate of drug-likeness (QED) is 0.788. The first-order valence-electron chi connectivity index (χ1n) is 8.85. The Morgan fingerprint density at radius 1 is 1.35 bits per heavy atom. The second kappa shape index (κ2) is 8.91. The van der Waals surface area contributed by atoms with Gasteiger partial charge in [-0.1, -0.05) is 30.3 Å². The largest absolute Gasteiger partial charge is 0.466 e. The van der Waals surface area contributed by atoms with Crippen LogP contribution in [0.5, 0.6) is 0 Å². The Kier molecular flexibility index (Phi) is 6.35. The lowest BCUT2D eigenvalue weighted by Gasteiger charge is -2.30. The molecule has 1 aliphatic heterocycles. The molecule has 0 bridgehead atoms. The van der Waals surface area contributed by atoms with Crippen molar-refractivity contribution in [3.8, 4) is 11.3 Å². The zero-order valence-corrected chi connectivity index (χ0v) is 15.6. The molecule has 1 saturated heterocycles. The van der Waals surface area contributed by atoms with Gasteiger partial charge < -0.3 is 10.1 Å². The molecule has 1 fully saturated rings. The van der Waals surface area contributed by atoms with Crippen LogP contribution in [0.25, 0.3) is 11.3 Å². The maximum absolute atomic E-state index is 12.3. The molecule has 2 aromatic rings. The van der Waals surface area contributed by atoms with Crippen molar-refractivity contribution in [3.05, 3.63) is 35.7 Å². The van der Waals surface area contributed by atoms with Crippen molar-refractivity contribution in [3.63, 3.8) is 0 Å². The number of rotatable bonds is 6. The Morgan fingerprint density at radius 3 is 2.92 bits per heavy atom. The first-order valence-corrected chi connectivity index (χ1v) is 9.73. The maximum atomic E-state index is 12.3. The summed E-state index contributed by atoms with van der Waals surface area (Å²) in [6, 6.07) is 9.86. The molecule has 1 aromatic heterocycles. The number of ether oxygens (including phenoxy) is 1. The normalized spacial score (nSPS) is 17.7. The molecule has 0 spiro atoms. The average molecular weight is 373 g/mol. The van der Waals surface area contributed by atoms with Crippen molar-refractivity contribution in [2.45, 2.75) is 19.8 Å². The van der Waals surface area contributed by atoms with Crippen molar-refractivity contribution in [2.75, 3.05) is 31.6 Å². The number of likely N-dealkylation sites (tertiary alicyclic amines) is 1. The summed E-state index contributed by atoms with van der Waals surface area (Å²) >= 11 is 1.41. The molecule has 1 N–H and O–H groups in total. The second-order valence-electron chi connectivity index (χ2n) is 6.28. The average Bonchev–Trinajstić information content (AvgIpc) is 3.11. The van der Waals surface area contributed by atoms with Crippen molar-refractivity contribution in [2.24, 2.45) is 5.92 Å². The number of aromatic nitrogens is 1. The smallest absolute Gasteiger partial charge is 0.310 e. The highest BCUT2D eigenvalue weighted by molar-refractivity contribution is 7.14. The van der Waals surface area contributed by atoms with Gasteiger partial charge in [-0.15, -0.1) is 11.3 Å². The van der Waals surface area contributed by atoms with Crippen LogP contribution in [0.4, 0.5) is 5.13 Å². The number of nitrogens with one attached hydrogen (secondary N) is 1. The van der Waals surface area contributed by atoms with Gasteiger partial charge >= 0.3 is 5.97 Å². The van der Waals surface area contributed by atoms with Gasteiger partial charge in [0.15, 0.2) is 5.13 Å². The first-order chi connectivity index (χ1) is 12.7. The molecule has 1 atom stereocenters. The summed E-state index contributed by atoms with van der Waals surface area (Å²) < 4.78 is 5.10. The van der Waals surface area contributed by atoms with E-state index in [1.807, 2.05) is 47.5 Å². The molecule has 0 saturated carbocycles. The Labute approximate surface area is 157 Å². The van der Waals surface area contributed by atoms with Gasteiger partial charge in [-0.3, -0.25) is 14.5 Å². The number of piperidine rings is 1. The van der Waals surface area contributed by atoms with Crippen LogP contribution in [-0.4, -0.2) is 48.0 Å². The number of carbonyl (C=O) groups is 2. The summed E-state index contributed by atoms with van der Waals surface area (Å²) in [4.78, 5) is 30.7. The minimum Gasteiger partial charge on any atom is -0.466 e. The molecule has 26 heavy (non-hydrogen) atoms. The van der Waals surface area contributed by atoms with E-state index in [0.717, 1.165) is 30.6 Å². The van der Waals surface area contributed by atoms with Gasteiger partial charge in [-0.2, -0.15) is 0 Å². The molecule has 6 nitrogen and oxygen atoms in total. The molecule has 1 amide bonds. The van der Waals surface area contributed by atoms with E-state index in [1.54, 1.807) is 0 Å². The number of hydrogen-bond acceptors (Lipinski definition) is 6. The number of nitrogens with zero attached hydrogens (tertiary/aromatic N) is 2. The number of anilines is 1. The number of thiazole rings is 1. The van der Waals surface area contributed by atoms with Gasteiger partial charge in [0.2, 0.25) is 5.91 Å². The fourth-order valence-electron chi connectivity index (χ4n) is 3.09. The molecular weight excluding hydrogens is 350 g/mol. The van der Waals surface area contributed by atoms with Crippen LogP contribution in [0.3, 0.4) is 0 Å². The summed E-state index contributed by atoms with van der Waals surface area (Å²) in [6.07, 6.45) is 1.72. The molecule has 7 heteroatoms. The topological polar surface area (TPSA) is 71.5 Å². The van der Waals surface area contributed by atoms with E-state index in [0.29, 0.717) is 18.3 Å². The molecule has 3 rings (SSSR count). The Hall–Kier alpha value is -2.25. The van der Waals surface area contributed by atoms with Gasteiger partial charge in [0.25, 0.3) is 0 Å². The Morgan fingerprint density at radius 2 is 2.15 bits per heavy atom. The molecular formula is C19H23N3O3S. The van der Waals surface area contributed by atoms with E-state index in [9.17, 15) is 9.59 Å². The zero-order valence-electron chi connectivity index (χ0n) is 14.8. The van der Waals surface area contributed by atoms with Crippen molar-refractivity contribution < 1.29 is 14.3 Å². The molecule has 2 heterocycles. The van der Waals surface area contributed by atoms with Crippen LogP contribution in [0.2, 0.25) is 0 Å². The second-order valence-corrected chi connectivity index (χ2v) is 7.14. The Balaban J connectivity index is 1.53. The Bertz CT molecular complexity index is 747. The predicted octanol–water partition coefficient (Wildman–Crippen LogP) is 3.02. The van der Waals surface area contributed by atoms with E-state index < -0.39 is 0 Å².